The Morgan fingerprint density at radius 3 is 2.47 bits per heavy atom. The molecule has 1 saturated heterocycles. The number of carbonyl (C=O) groups excluding carboxylic acids is 2. The van der Waals surface area contributed by atoms with Crippen molar-refractivity contribution in [3.8, 4) is 5.75 Å². The number of nitrogens with two attached hydrogens (primary N) is 1. The number of dihydropyridines is 1. The van der Waals surface area contributed by atoms with Gasteiger partial charge in [-0.3, -0.25) is 5.10 Å². The number of hydrogen-bond donors (Lipinski definition) is 3. The number of thiophene rings is 1. The summed E-state index contributed by atoms with van der Waals surface area (Å²) in [6.45, 7) is 9.41. The molecule has 306 valence electrons. The first kappa shape index (κ1) is 41.9. The van der Waals surface area contributed by atoms with Crippen molar-refractivity contribution in [3.05, 3.63) is 118 Å². The molecule has 14 heteroatoms. The maximum Gasteiger partial charge on any atom is 0.410 e. The SMILES string of the molecule is CC(C)(C)OC(=O)N1CCCC1.CCOC(=O)C1=CNC(CCc2ccc(F)cc2)=C(c2ncn[nH]2)C1c1cc2ccnc(N)c2s1.COc1cccc2c1CCC2. The predicted molar refractivity (Wildman–Crippen MR) is 225 cm³/mol. The quantitative estimate of drug-likeness (QED) is 0.130. The van der Waals surface area contributed by atoms with Gasteiger partial charge in [-0.05, 0) is 125 Å². The predicted octanol–water partition coefficient (Wildman–Crippen LogP) is 8.51. The van der Waals surface area contributed by atoms with E-state index in [0.29, 0.717) is 30.1 Å². The number of pyridine rings is 1. The first-order valence-electron chi connectivity index (χ1n) is 19.7. The van der Waals surface area contributed by atoms with Gasteiger partial charge >= 0.3 is 12.1 Å². The standard InChI is InChI=1S/C25H23FN6O2S.C10H12O.C9H17NO2/c1-2-34-25(33)17-12-29-18(8-5-14-3-6-16(26)7-4-14)21(24-30-13-31-32-24)20(17)19-11-15-9-10-28-23(27)22(15)35-19;1-11-10-7-3-5-8-4-2-6-9(8)10;1-9(2,3)12-8(11)10-6-4-5-7-10/h3-4,6-7,9-13,20,29H,2,5,8H2,1H3,(H2,27,28)(H,30,31,32);3,5,7H,2,4,6H2,1H3;4-7H2,1-3H3. The zero-order valence-corrected chi connectivity index (χ0v) is 34.6. The highest BCUT2D eigenvalue weighted by Crippen LogP contribution is 2.46. The van der Waals surface area contributed by atoms with Crippen LogP contribution in [0.2, 0.25) is 0 Å². The van der Waals surface area contributed by atoms with Crippen LogP contribution in [0.4, 0.5) is 15.0 Å². The lowest BCUT2D eigenvalue weighted by atomic mass is 9.84. The van der Waals surface area contributed by atoms with Crippen LogP contribution < -0.4 is 15.8 Å². The second-order valence-electron chi connectivity index (χ2n) is 15.1. The third-order valence-electron chi connectivity index (χ3n) is 9.93. The second kappa shape index (κ2) is 19.1. The van der Waals surface area contributed by atoms with Crippen molar-refractivity contribution < 1.29 is 28.2 Å². The summed E-state index contributed by atoms with van der Waals surface area (Å²) in [6, 6.07) is 16.7. The van der Waals surface area contributed by atoms with Crippen molar-refractivity contribution in [2.75, 3.05) is 32.5 Å². The molecular formula is C44H52FN7O5S. The number of methoxy groups -OCH3 is 1. The van der Waals surface area contributed by atoms with Gasteiger partial charge in [0.15, 0.2) is 5.82 Å². The lowest BCUT2D eigenvalue weighted by Gasteiger charge is -2.28. The summed E-state index contributed by atoms with van der Waals surface area (Å²) in [5, 5.41) is 11.3. The van der Waals surface area contributed by atoms with Gasteiger partial charge in [0.25, 0.3) is 0 Å². The van der Waals surface area contributed by atoms with Gasteiger partial charge in [-0.15, -0.1) is 11.3 Å². The highest BCUT2D eigenvalue weighted by molar-refractivity contribution is 7.19. The molecule has 4 N–H and O–H groups in total. The van der Waals surface area contributed by atoms with Crippen LogP contribution in [-0.2, 0) is 33.5 Å². The molecular weight excluding hydrogens is 758 g/mol. The number of likely N-dealkylation sites (tertiary alicyclic amines) is 1. The fourth-order valence-corrected chi connectivity index (χ4v) is 8.42. The number of ether oxygens (including phenoxy) is 3. The van der Waals surface area contributed by atoms with Crippen molar-refractivity contribution in [1.82, 2.24) is 30.4 Å². The molecule has 0 radical (unpaired) electrons. The Bertz CT molecular complexity index is 2240. The Hall–Kier alpha value is -5.76. The number of benzene rings is 2. The Morgan fingerprint density at radius 1 is 1.02 bits per heavy atom. The summed E-state index contributed by atoms with van der Waals surface area (Å²) < 4.78 is 30.1. The van der Waals surface area contributed by atoms with E-state index in [-0.39, 0.29) is 24.1 Å². The highest BCUT2D eigenvalue weighted by Gasteiger charge is 2.36. The number of carbonyl (C=O) groups is 2. The Kier molecular flexibility index (Phi) is 13.8. The summed E-state index contributed by atoms with van der Waals surface area (Å²) >= 11 is 1.49. The fraction of sp³-hybridized carbons (Fsp3) is 0.386. The molecule has 2 aromatic carbocycles. The van der Waals surface area contributed by atoms with Crippen LogP contribution >= 0.6 is 11.3 Å². The molecule has 5 heterocycles. The number of fused-ring (bicyclic) bond motifs is 2. The minimum absolute atomic E-state index is 0.167. The normalized spacial score (nSPS) is 16.0. The maximum atomic E-state index is 13.4. The number of nitrogens with one attached hydrogen (secondary N) is 2. The van der Waals surface area contributed by atoms with Crippen molar-refractivity contribution >= 4 is 44.9 Å². The average Bonchev–Trinajstić information content (AvgIpc) is 4.05. The maximum absolute atomic E-state index is 13.4. The number of nitrogen functional groups attached to an aromatic ring is 1. The van der Waals surface area contributed by atoms with Crippen molar-refractivity contribution in [2.24, 2.45) is 0 Å². The molecule has 1 fully saturated rings. The number of hydrogen-bond acceptors (Lipinski definition) is 11. The van der Waals surface area contributed by atoms with Gasteiger partial charge in [-0.25, -0.2) is 23.9 Å². The lowest BCUT2D eigenvalue weighted by molar-refractivity contribution is -0.138. The van der Waals surface area contributed by atoms with Gasteiger partial charge in [0.2, 0.25) is 0 Å². The third-order valence-corrected chi connectivity index (χ3v) is 11.2. The molecule has 5 aromatic rings. The van der Waals surface area contributed by atoms with E-state index in [1.165, 1.54) is 60.2 Å². The number of halogens is 1. The largest absolute Gasteiger partial charge is 0.496 e. The van der Waals surface area contributed by atoms with E-state index in [2.05, 4.69) is 37.6 Å². The number of amides is 1. The highest BCUT2D eigenvalue weighted by atomic mass is 32.1. The van der Waals surface area contributed by atoms with Gasteiger partial charge in [-0.2, -0.15) is 5.10 Å². The zero-order valence-electron chi connectivity index (χ0n) is 33.8. The Morgan fingerprint density at radius 2 is 1.79 bits per heavy atom. The Labute approximate surface area is 342 Å². The van der Waals surface area contributed by atoms with Gasteiger partial charge in [0, 0.05) is 41.6 Å². The van der Waals surface area contributed by atoms with Gasteiger partial charge in [0.05, 0.1) is 29.9 Å². The number of aromatic amines is 1. The van der Waals surface area contributed by atoms with Gasteiger partial charge in [-0.1, -0.05) is 24.3 Å². The minimum atomic E-state index is -0.455. The average molecular weight is 810 g/mol. The smallest absolute Gasteiger partial charge is 0.410 e. The molecule has 3 aliphatic rings. The van der Waals surface area contributed by atoms with Crippen LogP contribution in [0.15, 0.2) is 84.6 Å². The van der Waals surface area contributed by atoms with E-state index < -0.39 is 11.9 Å². The number of allylic oxidation sites excluding steroid dienone is 2. The molecule has 1 atom stereocenters. The molecule has 0 saturated carbocycles. The summed E-state index contributed by atoms with van der Waals surface area (Å²) in [7, 11) is 1.74. The first-order chi connectivity index (χ1) is 28.0. The molecule has 58 heavy (non-hydrogen) atoms. The summed E-state index contributed by atoms with van der Waals surface area (Å²) in [6.07, 6.45) is 11.8. The number of anilines is 1. The summed E-state index contributed by atoms with van der Waals surface area (Å²) in [5.41, 5.74) is 11.8. The minimum Gasteiger partial charge on any atom is -0.496 e. The molecule has 1 unspecified atom stereocenters. The summed E-state index contributed by atoms with van der Waals surface area (Å²) in [5.74, 6) is 0.921. The molecule has 1 amide bonds. The summed E-state index contributed by atoms with van der Waals surface area (Å²) in [4.78, 5) is 35.7. The van der Waals surface area contributed by atoms with Crippen LogP contribution in [0.25, 0.3) is 15.7 Å². The van der Waals surface area contributed by atoms with Crippen LogP contribution in [0.3, 0.4) is 0 Å². The number of esters is 1. The molecule has 1 aliphatic carbocycles. The number of aryl methyl sites for hydroxylation is 2. The van der Waals surface area contributed by atoms with E-state index in [9.17, 15) is 14.0 Å². The van der Waals surface area contributed by atoms with Crippen LogP contribution in [0, 0.1) is 5.82 Å². The van der Waals surface area contributed by atoms with Gasteiger partial charge in [0.1, 0.15) is 29.3 Å². The molecule has 3 aromatic heterocycles. The molecule has 2 aliphatic heterocycles. The third kappa shape index (κ3) is 10.4. The van der Waals surface area contributed by atoms with Crippen molar-refractivity contribution in [2.45, 2.75) is 84.2 Å². The molecule has 0 spiro atoms. The second-order valence-corrected chi connectivity index (χ2v) is 16.2. The first-order valence-corrected chi connectivity index (χ1v) is 20.5. The van der Waals surface area contributed by atoms with Crippen LogP contribution in [-0.4, -0.2) is 69.5 Å². The van der Waals surface area contributed by atoms with Crippen molar-refractivity contribution in [3.63, 3.8) is 0 Å². The van der Waals surface area contributed by atoms with Crippen LogP contribution in [0.5, 0.6) is 5.75 Å². The van der Waals surface area contributed by atoms with E-state index in [4.69, 9.17) is 19.9 Å². The fourth-order valence-electron chi connectivity index (χ4n) is 7.23. The lowest BCUT2D eigenvalue weighted by Crippen LogP contribution is -2.34. The number of H-pyrrole nitrogens is 1. The topological polar surface area (TPSA) is 158 Å². The molecule has 8 rings (SSSR count). The van der Waals surface area contributed by atoms with E-state index >= 15 is 0 Å². The van der Waals surface area contributed by atoms with E-state index in [1.807, 2.05) is 39.0 Å². The number of nitrogens with zero attached hydrogens (tertiary/aromatic N) is 4. The Balaban J connectivity index is 0.000000199. The number of rotatable bonds is 8. The van der Waals surface area contributed by atoms with E-state index in [0.717, 1.165) is 63.5 Å². The number of aromatic nitrogens is 4. The zero-order chi connectivity index (χ0) is 41.2. The van der Waals surface area contributed by atoms with Crippen molar-refractivity contribution in [1.29, 1.82) is 0 Å². The molecule has 12 nitrogen and oxygen atoms in total. The van der Waals surface area contributed by atoms with Crippen LogP contribution in [0.1, 0.15) is 86.7 Å². The van der Waals surface area contributed by atoms with Gasteiger partial charge < -0.3 is 30.2 Å². The van der Waals surface area contributed by atoms with E-state index in [1.54, 1.807) is 43.5 Å². The molecule has 0 bridgehead atoms. The monoisotopic (exact) mass is 809 g/mol.